The Balaban J connectivity index is 3.36. The molecule has 0 bridgehead atoms. The van der Waals surface area contributed by atoms with Gasteiger partial charge in [-0.1, -0.05) is 23.2 Å². The van der Waals surface area contributed by atoms with Gasteiger partial charge in [0.05, 0.1) is 4.92 Å². The zero-order valence-electron chi connectivity index (χ0n) is 6.17. The molecule has 0 saturated carbocycles. The van der Waals surface area contributed by atoms with E-state index in [1.165, 1.54) is 12.1 Å². The Labute approximate surface area is 79.1 Å². The summed E-state index contributed by atoms with van der Waals surface area (Å²) >= 11 is 11.4. The summed E-state index contributed by atoms with van der Waals surface area (Å²) in [5, 5.41) is 10.9. The molecule has 3 nitrogen and oxygen atoms in total. The zero-order chi connectivity index (χ0) is 9.30. The molecule has 1 aromatic carbocycles. The summed E-state index contributed by atoms with van der Waals surface area (Å²) in [6.07, 6.45) is 0. The fourth-order valence-electron chi connectivity index (χ4n) is 0.788. The second kappa shape index (κ2) is 3.29. The summed E-state index contributed by atoms with van der Waals surface area (Å²) in [4.78, 5) is 9.83. The number of nitrogens with zero attached hydrogens (tertiary/aromatic N) is 1. The maximum Gasteiger partial charge on any atom is 0.288 e. The lowest BCUT2D eigenvalue weighted by atomic mass is 10.2. The van der Waals surface area contributed by atoms with Crippen LogP contribution >= 0.6 is 23.2 Å². The van der Waals surface area contributed by atoms with Gasteiger partial charge < -0.3 is 0 Å². The van der Waals surface area contributed by atoms with Crippen LogP contribution in [0.4, 0.5) is 5.69 Å². The standard InChI is InChI=1S/C7H5Cl2NO2/c1-4-5(8)2-3-6(7(4)9)10(11)12/h2-3H,1H3. The van der Waals surface area contributed by atoms with Crippen molar-refractivity contribution in [3.63, 3.8) is 0 Å². The first-order valence-electron chi connectivity index (χ1n) is 3.13. The van der Waals surface area contributed by atoms with E-state index in [-0.39, 0.29) is 10.7 Å². The zero-order valence-corrected chi connectivity index (χ0v) is 7.69. The van der Waals surface area contributed by atoms with Crippen molar-refractivity contribution >= 4 is 28.9 Å². The van der Waals surface area contributed by atoms with Crippen LogP contribution in [-0.2, 0) is 0 Å². The van der Waals surface area contributed by atoms with Crippen molar-refractivity contribution < 1.29 is 4.92 Å². The monoisotopic (exact) mass is 205 g/mol. The normalized spacial score (nSPS) is 9.92. The molecule has 0 aromatic heterocycles. The Morgan fingerprint density at radius 1 is 1.42 bits per heavy atom. The summed E-state index contributed by atoms with van der Waals surface area (Å²) in [6, 6.07) is 2.75. The third-order valence-corrected chi connectivity index (χ3v) is 2.38. The molecule has 64 valence electrons. The van der Waals surface area contributed by atoms with Crippen LogP contribution in [-0.4, -0.2) is 4.92 Å². The van der Waals surface area contributed by atoms with E-state index in [1.54, 1.807) is 6.92 Å². The minimum absolute atomic E-state index is 0.104. The predicted molar refractivity (Wildman–Crippen MR) is 47.9 cm³/mol. The van der Waals surface area contributed by atoms with Crippen molar-refractivity contribution in [3.05, 3.63) is 37.9 Å². The molecule has 0 radical (unpaired) electrons. The van der Waals surface area contributed by atoms with Gasteiger partial charge in [-0.15, -0.1) is 0 Å². The molecule has 0 amide bonds. The average molecular weight is 206 g/mol. The number of hydrogen-bond donors (Lipinski definition) is 0. The molecular formula is C7H5Cl2NO2. The topological polar surface area (TPSA) is 43.1 Å². The van der Waals surface area contributed by atoms with Gasteiger partial charge in [0, 0.05) is 11.1 Å². The Morgan fingerprint density at radius 3 is 2.50 bits per heavy atom. The number of hydrogen-bond acceptors (Lipinski definition) is 2. The molecule has 0 fully saturated rings. The van der Waals surface area contributed by atoms with Gasteiger partial charge in [-0.3, -0.25) is 10.1 Å². The van der Waals surface area contributed by atoms with Crippen molar-refractivity contribution in [1.82, 2.24) is 0 Å². The summed E-state index contributed by atoms with van der Waals surface area (Å²) in [5.41, 5.74) is 0.422. The first kappa shape index (κ1) is 9.29. The van der Waals surface area contributed by atoms with Gasteiger partial charge >= 0.3 is 0 Å². The van der Waals surface area contributed by atoms with Gasteiger partial charge in [0.25, 0.3) is 5.69 Å². The van der Waals surface area contributed by atoms with E-state index >= 15 is 0 Å². The molecule has 0 atom stereocenters. The molecule has 0 aliphatic rings. The van der Waals surface area contributed by atoms with Crippen molar-refractivity contribution in [2.24, 2.45) is 0 Å². The van der Waals surface area contributed by atoms with E-state index in [0.717, 1.165) is 0 Å². The van der Waals surface area contributed by atoms with Crippen molar-refractivity contribution in [3.8, 4) is 0 Å². The summed E-state index contributed by atoms with van der Waals surface area (Å²) in [7, 11) is 0. The lowest BCUT2D eigenvalue weighted by molar-refractivity contribution is -0.384. The van der Waals surface area contributed by atoms with Crippen molar-refractivity contribution in [2.45, 2.75) is 6.92 Å². The minimum atomic E-state index is -0.536. The predicted octanol–water partition coefficient (Wildman–Crippen LogP) is 3.21. The van der Waals surface area contributed by atoms with E-state index < -0.39 is 4.92 Å². The summed E-state index contributed by atoms with van der Waals surface area (Å²) < 4.78 is 0. The highest BCUT2D eigenvalue weighted by molar-refractivity contribution is 6.37. The molecule has 0 N–H and O–H groups in total. The van der Waals surface area contributed by atoms with Crippen LogP contribution < -0.4 is 0 Å². The van der Waals surface area contributed by atoms with E-state index in [0.29, 0.717) is 10.6 Å². The molecule has 1 rings (SSSR count). The highest BCUT2D eigenvalue weighted by Crippen LogP contribution is 2.31. The highest BCUT2D eigenvalue weighted by atomic mass is 35.5. The fraction of sp³-hybridized carbons (Fsp3) is 0.143. The average Bonchev–Trinajstić information content (AvgIpc) is 2.00. The Kier molecular flexibility index (Phi) is 2.55. The molecule has 0 aliphatic heterocycles. The molecule has 0 aliphatic carbocycles. The van der Waals surface area contributed by atoms with Crippen LogP contribution in [0.3, 0.4) is 0 Å². The Morgan fingerprint density at radius 2 is 2.00 bits per heavy atom. The molecule has 0 saturated heterocycles. The van der Waals surface area contributed by atoms with E-state index in [1.807, 2.05) is 0 Å². The number of halogens is 2. The minimum Gasteiger partial charge on any atom is -0.258 e. The smallest absolute Gasteiger partial charge is 0.258 e. The third-order valence-electron chi connectivity index (χ3n) is 1.50. The molecule has 0 spiro atoms. The van der Waals surface area contributed by atoms with Gasteiger partial charge in [0.15, 0.2) is 0 Å². The number of nitro benzene ring substituents is 1. The van der Waals surface area contributed by atoms with Gasteiger partial charge in [-0.25, -0.2) is 0 Å². The Bertz CT molecular complexity index is 338. The molecule has 0 unspecified atom stereocenters. The first-order chi connectivity index (χ1) is 5.54. The summed E-state index contributed by atoms with van der Waals surface area (Å²) in [6.45, 7) is 1.64. The maximum atomic E-state index is 10.4. The highest BCUT2D eigenvalue weighted by Gasteiger charge is 2.15. The molecule has 1 aromatic rings. The van der Waals surface area contributed by atoms with Gasteiger partial charge in [-0.2, -0.15) is 0 Å². The number of nitro groups is 1. The quantitative estimate of drug-likeness (QED) is 0.522. The van der Waals surface area contributed by atoms with Crippen LogP contribution in [0.5, 0.6) is 0 Å². The number of benzene rings is 1. The van der Waals surface area contributed by atoms with Gasteiger partial charge in [0.2, 0.25) is 0 Å². The van der Waals surface area contributed by atoms with Gasteiger partial charge in [0.1, 0.15) is 5.02 Å². The SMILES string of the molecule is Cc1c(Cl)ccc([N+](=O)[O-])c1Cl. The van der Waals surface area contributed by atoms with E-state index in [4.69, 9.17) is 23.2 Å². The lowest BCUT2D eigenvalue weighted by Crippen LogP contribution is -1.90. The van der Waals surface area contributed by atoms with Gasteiger partial charge in [-0.05, 0) is 18.6 Å². The second-order valence-corrected chi connectivity index (χ2v) is 3.05. The third kappa shape index (κ3) is 1.52. The van der Waals surface area contributed by atoms with E-state index in [9.17, 15) is 10.1 Å². The molecule has 5 heteroatoms. The lowest BCUT2D eigenvalue weighted by Gasteiger charge is -2.00. The summed E-state index contributed by atoms with van der Waals surface area (Å²) in [5.74, 6) is 0. The van der Waals surface area contributed by atoms with Crippen molar-refractivity contribution in [1.29, 1.82) is 0 Å². The molecular weight excluding hydrogens is 201 g/mol. The van der Waals surface area contributed by atoms with Crippen molar-refractivity contribution in [2.75, 3.05) is 0 Å². The molecule has 0 heterocycles. The molecule has 12 heavy (non-hydrogen) atoms. The van der Waals surface area contributed by atoms with Crippen LogP contribution in [0.2, 0.25) is 10.0 Å². The second-order valence-electron chi connectivity index (χ2n) is 2.26. The van der Waals surface area contributed by atoms with Crippen LogP contribution in [0.25, 0.3) is 0 Å². The van der Waals surface area contributed by atoms with Crippen LogP contribution in [0, 0.1) is 17.0 Å². The van der Waals surface area contributed by atoms with Crippen LogP contribution in [0.1, 0.15) is 5.56 Å². The largest absolute Gasteiger partial charge is 0.288 e. The van der Waals surface area contributed by atoms with Crippen LogP contribution in [0.15, 0.2) is 12.1 Å². The fourth-order valence-corrected chi connectivity index (χ4v) is 1.23. The maximum absolute atomic E-state index is 10.4. The Hall–Kier alpha value is -0.800. The first-order valence-corrected chi connectivity index (χ1v) is 3.88. The van der Waals surface area contributed by atoms with E-state index in [2.05, 4.69) is 0 Å². The number of rotatable bonds is 1.